The number of benzene rings is 1. The average Bonchev–Trinajstić information content (AvgIpc) is 3.09. The van der Waals surface area contributed by atoms with E-state index in [1.54, 1.807) is 0 Å². The number of amides is 2. The molecule has 0 unspecified atom stereocenters. The zero-order chi connectivity index (χ0) is 18.8. The molecule has 0 saturated carbocycles. The Hall–Kier alpha value is -2.83. The third kappa shape index (κ3) is 3.54. The van der Waals surface area contributed by atoms with E-state index in [2.05, 4.69) is 51.1 Å². The van der Waals surface area contributed by atoms with Crippen molar-refractivity contribution in [2.75, 3.05) is 38.0 Å². The zero-order valence-electron chi connectivity index (χ0n) is 15.9. The predicted octanol–water partition coefficient (Wildman–Crippen LogP) is 2.38. The van der Waals surface area contributed by atoms with Crippen molar-refractivity contribution in [2.24, 2.45) is 9.98 Å². The highest BCUT2D eigenvalue weighted by atomic mass is 16.2. The predicted molar refractivity (Wildman–Crippen MR) is 108 cm³/mol. The maximum atomic E-state index is 12.6. The molecule has 1 saturated heterocycles. The van der Waals surface area contributed by atoms with Crippen LogP contribution in [0.3, 0.4) is 0 Å². The van der Waals surface area contributed by atoms with E-state index < -0.39 is 0 Å². The molecule has 0 bridgehead atoms. The standard InChI is InChI=1S/C20H26N6O/c1-3-16-6-4-5-7-17(16)23-20(27)25-10-8-24(9-11-25)18-12-19-21-13-15(2)26(19)14-22-18/h4-7,12,14-15H,3,8-11,13H2,1-2H3,(H,23,27)/t15-/m1/s1. The van der Waals surface area contributed by atoms with Gasteiger partial charge in [-0.25, -0.2) is 9.79 Å². The van der Waals surface area contributed by atoms with E-state index >= 15 is 0 Å². The highest BCUT2D eigenvalue weighted by Gasteiger charge is 2.28. The van der Waals surface area contributed by atoms with Crippen molar-refractivity contribution >= 4 is 23.9 Å². The summed E-state index contributed by atoms with van der Waals surface area (Å²) in [5, 5.41) is 3.06. The van der Waals surface area contributed by atoms with Crippen LogP contribution in [-0.4, -0.2) is 71.7 Å². The summed E-state index contributed by atoms with van der Waals surface area (Å²) in [6.45, 7) is 7.97. The average molecular weight is 366 g/mol. The summed E-state index contributed by atoms with van der Waals surface area (Å²) in [6, 6.07) is 8.32. The van der Waals surface area contributed by atoms with Gasteiger partial charge in [0.25, 0.3) is 0 Å². The minimum Gasteiger partial charge on any atom is -0.353 e. The molecule has 0 aromatic heterocycles. The summed E-state index contributed by atoms with van der Waals surface area (Å²) in [5.74, 6) is 1.93. The van der Waals surface area contributed by atoms with Crippen molar-refractivity contribution < 1.29 is 4.79 Å². The van der Waals surface area contributed by atoms with E-state index in [1.165, 1.54) is 0 Å². The van der Waals surface area contributed by atoms with E-state index in [-0.39, 0.29) is 6.03 Å². The lowest BCUT2D eigenvalue weighted by Gasteiger charge is -2.37. The van der Waals surface area contributed by atoms with Gasteiger partial charge in [0.2, 0.25) is 0 Å². The quantitative estimate of drug-likeness (QED) is 0.893. The van der Waals surface area contributed by atoms with Crippen molar-refractivity contribution in [3.8, 4) is 0 Å². The van der Waals surface area contributed by atoms with Crippen LogP contribution in [0.5, 0.6) is 0 Å². The first-order chi connectivity index (χ1) is 13.2. The van der Waals surface area contributed by atoms with E-state index in [1.807, 2.05) is 29.4 Å². The lowest BCUT2D eigenvalue weighted by molar-refractivity contribution is 0.166. The van der Waals surface area contributed by atoms with Gasteiger partial charge in [0.1, 0.15) is 11.7 Å². The third-order valence-electron chi connectivity index (χ3n) is 5.36. The van der Waals surface area contributed by atoms with Crippen LogP contribution in [0.1, 0.15) is 19.4 Å². The Morgan fingerprint density at radius 2 is 2.00 bits per heavy atom. The molecular formula is C20H26N6O. The summed E-state index contributed by atoms with van der Waals surface area (Å²) in [4.78, 5) is 28.0. The van der Waals surface area contributed by atoms with Crippen LogP contribution in [0.15, 0.2) is 46.1 Å². The molecule has 3 heterocycles. The highest BCUT2D eigenvalue weighted by molar-refractivity contribution is 6.03. The Balaban J connectivity index is 1.35. The molecule has 1 aromatic carbocycles. The topological polar surface area (TPSA) is 63.5 Å². The number of para-hydroxylation sites is 1. The zero-order valence-corrected chi connectivity index (χ0v) is 15.9. The Morgan fingerprint density at radius 3 is 2.78 bits per heavy atom. The molecule has 1 aromatic rings. The molecule has 1 N–H and O–H groups in total. The minimum atomic E-state index is -0.0307. The highest BCUT2D eigenvalue weighted by Crippen LogP contribution is 2.20. The monoisotopic (exact) mass is 366 g/mol. The molecule has 27 heavy (non-hydrogen) atoms. The molecule has 0 radical (unpaired) electrons. The number of rotatable bonds is 3. The van der Waals surface area contributed by atoms with Crippen molar-refractivity contribution in [1.29, 1.82) is 0 Å². The summed E-state index contributed by atoms with van der Waals surface area (Å²) in [5.41, 5.74) is 2.06. The van der Waals surface area contributed by atoms with Crippen LogP contribution in [0.25, 0.3) is 0 Å². The Bertz CT molecular complexity index is 806. The van der Waals surface area contributed by atoms with Gasteiger partial charge in [0, 0.05) is 37.9 Å². The molecule has 3 aliphatic rings. The number of urea groups is 1. The van der Waals surface area contributed by atoms with Crippen LogP contribution in [-0.2, 0) is 6.42 Å². The number of fused-ring (bicyclic) bond motifs is 1. The second-order valence-electron chi connectivity index (χ2n) is 7.12. The number of anilines is 1. The van der Waals surface area contributed by atoms with Gasteiger partial charge in [-0.05, 0) is 25.0 Å². The summed E-state index contributed by atoms with van der Waals surface area (Å²) in [6.07, 6.45) is 4.83. The Labute approximate surface area is 160 Å². The van der Waals surface area contributed by atoms with Crippen LogP contribution in [0, 0.1) is 0 Å². The van der Waals surface area contributed by atoms with Gasteiger partial charge in [0.15, 0.2) is 0 Å². The van der Waals surface area contributed by atoms with Crippen molar-refractivity contribution in [3.05, 3.63) is 41.7 Å². The molecule has 0 spiro atoms. The van der Waals surface area contributed by atoms with E-state index in [0.717, 1.165) is 49.0 Å². The Kier molecular flexibility index (Phi) is 4.83. The maximum absolute atomic E-state index is 12.6. The van der Waals surface area contributed by atoms with Crippen LogP contribution in [0.2, 0.25) is 0 Å². The normalized spacial score (nSPS) is 21.7. The number of nitrogens with one attached hydrogen (secondary N) is 1. The first kappa shape index (κ1) is 17.6. The first-order valence-corrected chi connectivity index (χ1v) is 9.63. The van der Waals surface area contributed by atoms with E-state index in [9.17, 15) is 4.79 Å². The maximum Gasteiger partial charge on any atom is 0.321 e. The Morgan fingerprint density at radius 1 is 1.22 bits per heavy atom. The molecule has 1 fully saturated rings. The van der Waals surface area contributed by atoms with Gasteiger partial charge in [-0.3, -0.25) is 4.99 Å². The number of carbonyl (C=O) groups excluding carboxylic acids is 1. The lowest BCUT2D eigenvalue weighted by Crippen LogP contribution is -2.50. The summed E-state index contributed by atoms with van der Waals surface area (Å²) >= 11 is 0. The number of aryl methyl sites for hydroxylation is 1. The van der Waals surface area contributed by atoms with Crippen molar-refractivity contribution in [1.82, 2.24) is 14.7 Å². The molecule has 0 aliphatic carbocycles. The third-order valence-corrected chi connectivity index (χ3v) is 5.36. The number of aliphatic imine (C=N–C) groups is 2. The number of hydrogen-bond acceptors (Lipinski definition) is 5. The van der Waals surface area contributed by atoms with Crippen LogP contribution < -0.4 is 5.32 Å². The van der Waals surface area contributed by atoms with E-state index in [4.69, 9.17) is 0 Å². The largest absolute Gasteiger partial charge is 0.353 e. The smallest absolute Gasteiger partial charge is 0.321 e. The molecule has 7 heteroatoms. The van der Waals surface area contributed by atoms with Gasteiger partial charge in [0.05, 0.1) is 18.9 Å². The molecule has 3 aliphatic heterocycles. The fraction of sp³-hybridized carbons (Fsp3) is 0.450. The second-order valence-corrected chi connectivity index (χ2v) is 7.12. The van der Waals surface area contributed by atoms with Crippen molar-refractivity contribution in [2.45, 2.75) is 26.3 Å². The van der Waals surface area contributed by atoms with E-state index in [0.29, 0.717) is 19.1 Å². The van der Waals surface area contributed by atoms with Crippen molar-refractivity contribution in [3.63, 3.8) is 0 Å². The molecular weight excluding hydrogens is 340 g/mol. The number of hydrogen-bond donors (Lipinski definition) is 1. The number of nitrogens with zero attached hydrogens (tertiary/aromatic N) is 5. The lowest BCUT2D eigenvalue weighted by atomic mass is 10.1. The number of piperazine rings is 1. The number of carbonyl (C=O) groups is 1. The molecule has 1 atom stereocenters. The fourth-order valence-electron chi connectivity index (χ4n) is 3.64. The van der Waals surface area contributed by atoms with Gasteiger partial charge < -0.3 is 20.0 Å². The fourth-order valence-corrected chi connectivity index (χ4v) is 3.64. The van der Waals surface area contributed by atoms with Gasteiger partial charge in [-0.2, -0.15) is 0 Å². The molecule has 4 rings (SSSR count). The van der Waals surface area contributed by atoms with Gasteiger partial charge in [-0.15, -0.1) is 0 Å². The summed E-state index contributed by atoms with van der Waals surface area (Å²) < 4.78 is 0. The van der Waals surface area contributed by atoms with Gasteiger partial charge >= 0.3 is 6.03 Å². The molecule has 7 nitrogen and oxygen atoms in total. The second kappa shape index (κ2) is 7.42. The molecule has 142 valence electrons. The van der Waals surface area contributed by atoms with Crippen LogP contribution in [0.4, 0.5) is 10.5 Å². The minimum absolute atomic E-state index is 0.0307. The SMILES string of the molecule is CCc1ccccc1NC(=O)N1CCN(C2=CC3=NC[C@@H](C)N3C=N2)CC1. The molecule has 2 amide bonds. The van der Waals surface area contributed by atoms with Crippen LogP contribution >= 0.6 is 0 Å². The first-order valence-electron chi connectivity index (χ1n) is 9.63. The van der Waals surface area contributed by atoms with Gasteiger partial charge in [-0.1, -0.05) is 25.1 Å². The summed E-state index contributed by atoms with van der Waals surface area (Å²) in [7, 11) is 0. The number of amidine groups is 1.